The van der Waals surface area contributed by atoms with E-state index in [2.05, 4.69) is 25.7 Å². The summed E-state index contributed by atoms with van der Waals surface area (Å²) in [4.78, 5) is 18.5. The number of carbonyl (C=O) groups is 1. The molecule has 11 heteroatoms. The van der Waals surface area contributed by atoms with Crippen LogP contribution in [0.25, 0.3) is 11.4 Å². The molecule has 174 valence electrons. The summed E-state index contributed by atoms with van der Waals surface area (Å²) in [5.74, 6) is 0.805. The van der Waals surface area contributed by atoms with Crippen LogP contribution in [-0.4, -0.2) is 75.3 Å². The zero-order valence-corrected chi connectivity index (χ0v) is 18.5. The van der Waals surface area contributed by atoms with E-state index in [4.69, 9.17) is 19.3 Å². The number of benzene rings is 1. The van der Waals surface area contributed by atoms with Crippen molar-refractivity contribution in [2.24, 2.45) is 0 Å². The monoisotopic (exact) mass is 454 g/mol. The fraction of sp³-hybridized carbons (Fsp3) is 0.409. The van der Waals surface area contributed by atoms with E-state index in [1.807, 2.05) is 24.3 Å². The molecule has 3 aromatic rings. The van der Waals surface area contributed by atoms with Crippen LogP contribution >= 0.6 is 0 Å². The van der Waals surface area contributed by atoms with Gasteiger partial charge in [-0.2, -0.15) is 4.80 Å². The van der Waals surface area contributed by atoms with Crippen LogP contribution in [0.3, 0.4) is 0 Å². The van der Waals surface area contributed by atoms with Gasteiger partial charge in [0.1, 0.15) is 23.7 Å². The van der Waals surface area contributed by atoms with Crippen LogP contribution in [0.2, 0.25) is 0 Å². The largest absolute Gasteiger partial charge is 0.497 e. The highest BCUT2D eigenvalue weighted by atomic mass is 16.6. The third-order valence-electron chi connectivity index (χ3n) is 5.09. The first-order chi connectivity index (χ1) is 16.0. The molecular weight excluding hydrogens is 428 g/mol. The van der Waals surface area contributed by atoms with Gasteiger partial charge in [-0.25, -0.2) is 4.98 Å². The van der Waals surface area contributed by atoms with Crippen LogP contribution in [0.4, 0.5) is 0 Å². The Morgan fingerprint density at radius 2 is 2.06 bits per heavy atom. The predicted octanol–water partition coefficient (Wildman–Crippen LogP) is 0.758. The molecule has 0 radical (unpaired) electrons. The van der Waals surface area contributed by atoms with E-state index >= 15 is 0 Å². The minimum absolute atomic E-state index is 0.0741. The zero-order valence-electron chi connectivity index (χ0n) is 18.5. The van der Waals surface area contributed by atoms with Gasteiger partial charge in [0, 0.05) is 17.8 Å². The van der Waals surface area contributed by atoms with Crippen LogP contribution in [0.1, 0.15) is 21.7 Å². The molecule has 1 aliphatic heterocycles. The number of nitrogens with zero attached hydrogens (tertiary/aromatic N) is 5. The van der Waals surface area contributed by atoms with Crippen molar-refractivity contribution in [2.75, 3.05) is 26.9 Å². The molecule has 2 atom stereocenters. The van der Waals surface area contributed by atoms with Gasteiger partial charge < -0.3 is 24.6 Å². The molecule has 0 aliphatic carbocycles. The van der Waals surface area contributed by atoms with Crippen molar-refractivity contribution in [1.29, 1.82) is 0 Å². The molecule has 0 bridgehead atoms. The van der Waals surface area contributed by atoms with E-state index in [1.165, 1.54) is 4.80 Å². The summed E-state index contributed by atoms with van der Waals surface area (Å²) in [5.41, 5.74) is 2.48. The molecule has 2 N–H and O–H groups in total. The first-order valence-electron chi connectivity index (χ1n) is 10.6. The van der Waals surface area contributed by atoms with Gasteiger partial charge in [-0.1, -0.05) is 12.1 Å². The SMILES string of the molecule is COc1cccc(CNC(=O)c2cc(-c3nnn(C[C@H]4CO[C@H](CO)CO4)n3)cc(C)n2)c1. The average molecular weight is 454 g/mol. The zero-order chi connectivity index (χ0) is 23.2. The highest BCUT2D eigenvalue weighted by molar-refractivity contribution is 5.93. The quantitative estimate of drug-likeness (QED) is 0.506. The Hall–Kier alpha value is -3.41. The Kier molecular flexibility index (Phi) is 7.23. The number of hydrogen-bond acceptors (Lipinski definition) is 9. The number of aromatic nitrogens is 5. The fourth-order valence-corrected chi connectivity index (χ4v) is 3.38. The van der Waals surface area contributed by atoms with E-state index in [0.29, 0.717) is 43.4 Å². The summed E-state index contributed by atoms with van der Waals surface area (Å²) < 4.78 is 16.4. The number of amides is 1. The lowest BCUT2D eigenvalue weighted by Gasteiger charge is -2.27. The standard InChI is InChI=1S/C22H26N6O5/c1-14-6-16(21-25-27-28(26-21)10-18-12-33-19(11-29)13-32-18)8-20(24-14)22(30)23-9-15-4-3-5-17(7-15)31-2/h3-8,18-19,29H,9-13H2,1-2H3,(H,23,30)/t18-,19+/m0/s1. The second-order valence-corrected chi connectivity index (χ2v) is 7.68. The molecule has 3 heterocycles. The number of hydrogen-bond donors (Lipinski definition) is 2. The Balaban J connectivity index is 1.41. The number of aliphatic hydroxyl groups excluding tert-OH is 1. The van der Waals surface area contributed by atoms with Gasteiger partial charge in [0.15, 0.2) is 0 Å². The molecule has 1 amide bonds. The lowest BCUT2D eigenvalue weighted by atomic mass is 10.1. The Morgan fingerprint density at radius 1 is 1.24 bits per heavy atom. The van der Waals surface area contributed by atoms with E-state index in [-0.39, 0.29) is 30.4 Å². The van der Waals surface area contributed by atoms with Crippen molar-refractivity contribution < 1.29 is 24.1 Å². The first kappa shape index (κ1) is 22.8. The molecular formula is C22H26N6O5. The summed E-state index contributed by atoms with van der Waals surface area (Å²) in [6.45, 7) is 3.10. The minimum Gasteiger partial charge on any atom is -0.497 e. The van der Waals surface area contributed by atoms with Crippen LogP contribution in [0.15, 0.2) is 36.4 Å². The third-order valence-corrected chi connectivity index (χ3v) is 5.09. The molecule has 1 saturated heterocycles. The lowest BCUT2D eigenvalue weighted by molar-refractivity contribution is -0.150. The normalized spacial score (nSPS) is 18.2. The number of rotatable bonds is 8. The topological polar surface area (TPSA) is 134 Å². The number of nitrogens with one attached hydrogen (secondary N) is 1. The van der Waals surface area contributed by atoms with Crippen molar-refractivity contribution in [3.05, 3.63) is 53.3 Å². The summed E-state index contributed by atoms with van der Waals surface area (Å²) in [6, 6.07) is 10.9. The van der Waals surface area contributed by atoms with E-state index in [0.717, 1.165) is 11.3 Å². The fourth-order valence-electron chi connectivity index (χ4n) is 3.38. The van der Waals surface area contributed by atoms with E-state index in [1.54, 1.807) is 26.2 Å². The van der Waals surface area contributed by atoms with Crippen molar-refractivity contribution in [2.45, 2.75) is 32.2 Å². The number of aryl methyl sites for hydroxylation is 1. The van der Waals surface area contributed by atoms with Crippen molar-refractivity contribution in [3.8, 4) is 17.1 Å². The maximum atomic E-state index is 12.7. The van der Waals surface area contributed by atoms with Crippen LogP contribution in [0, 0.1) is 6.92 Å². The minimum atomic E-state index is -0.304. The van der Waals surface area contributed by atoms with Crippen molar-refractivity contribution >= 4 is 5.91 Å². The number of methoxy groups -OCH3 is 1. The van der Waals surface area contributed by atoms with Gasteiger partial charge >= 0.3 is 0 Å². The summed E-state index contributed by atoms with van der Waals surface area (Å²) in [6.07, 6.45) is -0.527. The second kappa shape index (κ2) is 10.5. The summed E-state index contributed by atoms with van der Waals surface area (Å²) in [5, 5.41) is 24.6. The van der Waals surface area contributed by atoms with Gasteiger partial charge in [0.25, 0.3) is 5.91 Å². The highest BCUT2D eigenvalue weighted by Crippen LogP contribution is 2.17. The smallest absolute Gasteiger partial charge is 0.270 e. The Morgan fingerprint density at radius 3 is 2.82 bits per heavy atom. The molecule has 0 spiro atoms. The average Bonchev–Trinajstić information content (AvgIpc) is 3.31. The molecule has 0 saturated carbocycles. The van der Waals surface area contributed by atoms with E-state index in [9.17, 15) is 4.79 Å². The van der Waals surface area contributed by atoms with Crippen molar-refractivity contribution in [3.63, 3.8) is 0 Å². The number of ether oxygens (including phenoxy) is 3. The highest BCUT2D eigenvalue weighted by Gasteiger charge is 2.23. The Bertz CT molecular complexity index is 1100. The molecule has 11 nitrogen and oxygen atoms in total. The van der Waals surface area contributed by atoms with Gasteiger partial charge in [-0.05, 0) is 42.0 Å². The molecule has 4 rings (SSSR count). The number of carbonyl (C=O) groups excluding carboxylic acids is 1. The molecule has 33 heavy (non-hydrogen) atoms. The first-order valence-corrected chi connectivity index (χ1v) is 10.6. The third kappa shape index (κ3) is 5.89. The summed E-state index contributed by atoms with van der Waals surface area (Å²) in [7, 11) is 1.60. The molecule has 0 unspecified atom stereocenters. The van der Waals surface area contributed by atoms with Crippen LogP contribution in [-0.2, 0) is 22.6 Å². The van der Waals surface area contributed by atoms with Crippen LogP contribution in [0.5, 0.6) is 5.75 Å². The Labute approximate surface area is 190 Å². The van der Waals surface area contributed by atoms with Crippen molar-refractivity contribution in [1.82, 2.24) is 30.5 Å². The van der Waals surface area contributed by atoms with Gasteiger partial charge in [0.05, 0.1) is 33.5 Å². The van der Waals surface area contributed by atoms with Crippen LogP contribution < -0.4 is 10.1 Å². The second-order valence-electron chi connectivity index (χ2n) is 7.68. The molecule has 1 aliphatic rings. The number of pyridine rings is 1. The maximum Gasteiger partial charge on any atom is 0.270 e. The predicted molar refractivity (Wildman–Crippen MR) is 117 cm³/mol. The van der Waals surface area contributed by atoms with Gasteiger partial charge in [0.2, 0.25) is 5.82 Å². The maximum absolute atomic E-state index is 12.7. The number of aliphatic hydroxyl groups is 1. The van der Waals surface area contributed by atoms with Gasteiger partial charge in [-0.15, -0.1) is 10.2 Å². The van der Waals surface area contributed by atoms with E-state index < -0.39 is 0 Å². The van der Waals surface area contributed by atoms with Gasteiger partial charge in [-0.3, -0.25) is 4.79 Å². The lowest BCUT2D eigenvalue weighted by Crippen LogP contribution is -2.40. The number of tetrazole rings is 1. The molecule has 1 aromatic carbocycles. The summed E-state index contributed by atoms with van der Waals surface area (Å²) >= 11 is 0. The molecule has 2 aromatic heterocycles. The molecule has 1 fully saturated rings.